The molecule has 2 N–H and O–H groups in total. The van der Waals surface area contributed by atoms with Crippen molar-refractivity contribution >= 4 is 39.8 Å². The molecule has 0 atom stereocenters. The number of nitrogens with zero attached hydrogens (tertiary/aromatic N) is 2. The first-order valence-electron chi connectivity index (χ1n) is 9.49. The quantitative estimate of drug-likeness (QED) is 0.244. The van der Waals surface area contributed by atoms with Crippen LogP contribution in [0.1, 0.15) is 30.9 Å². The van der Waals surface area contributed by atoms with Crippen LogP contribution in [0.5, 0.6) is 0 Å². The maximum absolute atomic E-state index is 11.5. The molecule has 1 fully saturated rings. The van der Waals surface area contributed by atoms with Crippen molar-refractivity contribution in [3.63, 3.8) is 0 Å². The highest BCUT2D eigenvalue weighted by atomic mass is 127. The zero-order chi connectivity index (χ0) is 18.8. The van der Waals surface area contributed by atoms with Crippen LogP contribution in [0.15, 0.2) is 29.3 Å². The summed E-state index contributed by atoms with van der Waals surface area (Å²) in [5, 5.41) is 6.75. The fraction of sp³-hybridized carbons (Fsp3) is 0.632. The maximum Gasteiger partial charge on any atom is 0.191 e. The Morgan fingerprint density at radius 1 is 1.11 bits per heavy atom. The summed E-state index contributed by atoms with van der Waals surface area (Å²) in [4.78, 5) is 6.87. The van der Waals surface area contributed by atoms with Gasteiger partial charge in [0.25, 0.3) is 0 Å². The van der Waals surface area contributed by atoms with Crippen LogP contribution in [0.4, 0.5) is 0 Å². The summed E-state index contributed by atoms with van der Waals surface area (Å²) in [5.74, 6) is 1.37. The molecule has 0 unspecified atom stereocenters. The summed E-state index contributed by atoms with van der Waals surface area (Å²) < 4.78 is 23.0. The average Bonchev–Trinajstić information content (AvgIpc) is 2.62. The molecule has 0 spiro atoms. The van der Waals surface area contributed by atoms with Crippen molar-refractivity contribution in [1.29, 1.82) is 0 Å². The van der Waals surface area contributed by atoms with Gasteiger partial charge in [-0.3, -0.25) is 4.90 Å². The maximum atomic E-state index is 11.5. The lowest BCUT2D eigenvalue weighted by Crippen LogP contribution is -2.46. The van der Waals surface area contributed by atoms with E-state index >= 15 is 0 Å². The Balaban J connectivity index is 0.00000364. The van der Waals surface area contributed by atoms with Crippen LogP contribution in [-0.4, -0.2) is 63.5 Å². The van der Waals surface area contributed by atoms with Crippen LogP contribution in [0.3, 0.4) is 0 Å². The van der Waals surface area contributed by atoms with E-state index < -0.39 is 9.84 Å². The summed E-state index contributed by atoms with van der Waals surface area (Å²) in [6.07, 6.45) is 2.25. The normalized spacial score (nSPS) is 17.2. The van der Waals surface area contributed by atoms with Crippen molar-refractivity contribution in [2.75, 3.05) is 44.2 Å². The Kier molecular flexibility index (Phi) is 11.2. The van der Waals surface area contributed by atoms with Crippen LogP contribution in [0.2, 0.25) is 0 Å². The summed E-state index contributed by atoms with van der Waals surface area (Å²) in [7, 11) is -2.81. The van der Waals surface area contributed by atoms with Crippen molar-refractivity contribution in [2.45, 2.75) is 33.2 Å². The molecule has 2 rings (SSSR count). The van der Waals surface area contributed by atoms with Gasteiger partial charge >= 0.3 is 0 Å². The second-order valence-corrected chi connectivity index (χ2v) is 9.15. The fourth-order valence-electron chi connectivity index (χ4n) is 2.73. The lowest BCUT2D eigenvalue weighted by molar-refractivity contribution is 0.299. The number of benzene rings is 1. The molecular weight excluding hydrogens is 475 g/mol. The van der Waals surface area contributed by atoms with E-state index in [1.165, 1.54) is 11.1 Å². The first kappa shape index (κ1) is 24.2. The van der Waals surface area contributed by atoms with Gasteiger partial charge in [0.2, 0.25) is 0 Å². The zero-order valence-electron chi connectivity index (χ0n) is 16.4. The molecule has 0 saturated carbocycles. The van der Waals surface area contributed by atoms with E-state index in [-0.39, 0.29) is 35.5 Å². The second-order valence-electron chi connectivity index (χ2n) is 6.85. The molecule has 0 aliphatic carbocycles. The third-order valence-corrected chi connectivity index (χ3v) is 6.13. The fourth-order valence-corrected chi connectivity index (χ4v) is 4.00. The molecule has 1 aromatic carbocycles. The molecule has 8 heteroatoms. The highest BCUT2D eigenvalue weighted by Gasteiger charge is 2.20. The number of aryl methyl sites for hydroxylation is 1. The number of hydrogen-bond donors (Lipinski definition) is 2. The Hall–Kier alpha value is -0.870. The Morgan fingerprint density at radius 2 is 1.74 bits per heavy atom. The van der Waals surface area contributed by atoms with E-state index in [0.29, 0.717) is 19.6 Å². The number of aliphatic imine (C=N–C) groups is 1. The molecule has 1 aliphatic heterocycles. The van der Waals surface area contributed by atoms with Crippen molar-refractivity contribution in [3.05, 3.63) is 35.4 Å². The van der Waals surface area contributed by atoms with E-state index in [2.05, 4.69) is 58.6 Å². The molecule has 154 valence electrons. The molecule has 0 radical (unpaired) electrons. The molecule has 1 saturated heterocycles. The van der Waals surface area contributed by atoms with Crippen LogP contribution in [-0.2, 0) is 16.4 Å². The van der Waals surface area contributed by atoms with Gasteiger partial charge in [-0.15, -0.1) is 24.0 Å². The number of halogens is 1. The van der Waals surface area contributed by atoms with Gasteiger partial charge in [0.05, 0.1) is 18.1 Å². The van der Waals surface area contributed by atoms with Crippen LogP contribution >= 0.6 is 24.0 Å². The second kappa shape index (κ2) is 12.6. The van der Waals surface area contributed by atoms with Gasteiger partial charge in [-0.25, -0.2) is 13.4 Å². The molecule has 1 aromatic rings. The first-order valence-corrected chi connectivity index (χ1v) is 11.3. The standard InChI is InChI=1S/C19H32N4O2S.HI/c1-3-4-9-20-19(22-16-18-7-5-17(2)6-8-18)21-10-11-23-12-14-26(24,25)15-13-23;/h5-8H,3-4,9-16H2,1-2H3,(H2,20,21,22);1H. The predicted octanol–water partition coefficient (Wildman–Crippen LogP) is 2.18. The van der Waals surface area contributed by atoms with E-state index in [9.17, 15) is 8.42 Å². The van der Waals surface area contributed by atoms with Gasteiger partial charge in [0, 0.05) is 32.7 Å². The predicted molar refractivity (Wildman–Crippen MR) is 124 cm³/mol. The Labute approximate surface area is 181 Å². The van der Waals surface area contributed by atoms with Crippen molar-refractivity contribution in [1.82, 2.24) is 15.5 Å². The lowest BCUT2D eigenvalue weighted by Gasteiger charge is -2.26. The largest absolute Gasteiger partial charge is 0.356 e. The van der Waals surface area contributed by atoms with Gasteiger partial charge in [0.1, 0.15) is 0 Å². The van der Waals surface area contributed by atoms with Crippen LogP contribution in [0.25, 0.3) is 0 Å². The summed E-state index contributed by atoms with van der Waals surface area (Å²) in [6.45, 7) is 8.63. The van der Waals surface area contributed by atoms with E-state index in [1.807, 2.05) is 0 Å². The highest BCUT2D eigenvalue weighted by Crippen LogP contribution is 2.04. The number of nitrogens with one attached hydrogen (secondary N) is 2. The Morgan fingerprint density at radius 3 is 2.37 bits per heavy atom. The average molecular weight is 508 g/mol. The first-order chi connectivity index (χ1) is 12.5. The topological polar surface area (TPSA) is 73.8 Å². The van der Waals surface area contributed by atoms with E-state index in [1.54, 1.807) is 0 Å². The van der Waals surface area contributed by atoms with Gasteiger partial charge in [-0.1, -0.05) is 43.2 Å². The number of hydrogen-bond acceptors (Lipinski definition) is 4. The monoisotopic (exact) mass is 508 g/mol. The third-order valence-electron chi connectivity index (χ3n) is 4.52. The minimum absolute atomic E-state index is 0. The summed E-state index contributed by atoms with van der Waals surface area (Å²) in [5.41, 5.74) is 2.44. The number of guanidine groups is 1. The molecule has 0 bridgehead atoms. The SMILES string of the molecule is CCCCNC(=NCc1ccc(C)cc1)NCCN1CCS(=O)(=O)CC1.I. The zero-order valence-corrected chi connectivity index (χ0v) is 19.6. The van der Waals surface area contributed by atoms with Crippen LogP contribution < -0.4 is 10.6 Å². The third kappa shape index (κ3) is 9.75. The molecule has 1 heterocycles. The molecule has 1 aliphatic rings. The van der Waals surface area contributed by atoms with Crippen molar-refractivity contribution in [2.24, 2.45) is 4.99 Å². The molecule has 27 heavy (non-hydrogen) atoms. The minimum atomic E-state index is -2.81. The van der Waals surface area contributed by atoms with Crippen LogP contribution in [0, 0.1) is 6.92 Å². The lowest BCUT2D eigenvalue weighted by atomic mass is 10.1. The van der Waals surface area contributed by atoms with Gasteiger partial charge in [-0.2, -0.15) is 0 Å². The molecule has 0 aromatic heterocycles. The molecule has 6 nitrogen and oxygen atoms in total. The van der Waals surface area contributed by atoms with E-state index in [4.69, 9.17) is 0 Å². The van der Waals surface area contributed by atoms with Crippen molar-refractivity contribution in [3.8, 4) is 0 Å². The van der Waals surface area contributed by atoms with Gasteiger partial charge < -0.3 is 10.6 Å². The molecular formula is C19H33IN4O2S. The smallest absolute Gasteiger partial charge is 0.191 e. The van der Waals surface area contributed by atoms with E-state index in [0.717, 1.165) is 38.4 Å². The van der Waals surface area contributed by atoms with Gasteiger partial charge in [-0.05, 0) is 18.9 Å². The number of unbranched alkanes of at least 4 members (excludes halogenated alkanes) is 1. The highest BCUT2D eigenvalue weighted by molar-refractivity contribution is 14.0. The minimum Gasteiger partial charge on any atom is -0.356 e. The van der Waals surface area contributed by atoms with Gasteiger partial charge in [0.15, 0.2) is 15.8 Å². The molecule has 0 amide bonds. The Bertz CT molecular complexity index is 663. The van der Waals surface area contributed by atoms with Crippen molar-refractivity contribution < 1.29 is 8.42 Å². The number of rotatable bonds is 8. The summed E-state index contributed by atoms with van der Waals surface area (Å²) in [6, 6.07) is 8.42. The number of sulfone groups is 1. The summed E-state index contributed by atoms with van der Waals surface area (Å²) >= 11 is 0.